The summed E-state index contributed by atoms with van der Waals surface area (Å²) in [6.45, 7) is 6.33. The maximum atomic E-state index is 12.7. The van der Waals surface area contributed by atoms with Crippen molar-refractivity contribution in [3.8, 4) is 5.88 Å². The normalized spacial score (nSPS) is 12.0. The maximum absolute atomic E-state index is 12.7. The van der Waals surface area contributed by atoms with E-state index in [4.69, 9.17) is 4.74 Å². The number of nitrogens with one attached hydrogen (secondary N) is 1. The Morgan fingerprint density at radius 1 is 1.21 bits per heavy atom. The third kappa shape index (κ3) is 6.58. The van der Waals surface area contributed by atoms with Crippen molar-refractivity contribution in [2.75, 3.05) is 6.61 Å². The summed E-state index contributed by atoms with van der Waals surface area (Å²) in [5.74, 6) is -0.107. The van der Waals surface area contributed by atoms with Gasteiger partial charge in [0.25, 0.3) is 12.3 Å². The largest absolute Gasteiger partial charge is 0.471 e. The fourth-order valence-electron chi connectivity index (χ4n) is 2.76. The molecule has 29 heavy (non-hydrogen) atoms. The second-order valence-electron chi connectivity index (χ2n) is 6.85. The number of amides is 1. The Bertz CT molecular complexity index is 887. The first-order valence-electron chi connectivity index (χ1n) is 9.37. The van der Waals surface area contributed by atoms with Crippen LogP contribution in [-0.2, 0) is 11.2 Å². The molecule has 0 aliphatic heterocycles. The van der Waals surface area contributed by atoms with Crippen molar-refractivity contribution in [2.24, 2.45) is 0 Å². The number of aryl methyl sites for hydroxylation is 2. The highest BCUT2D eigenvalue weighted by atomic mass is 19.3. The highest BCUT2D eigenvalue weighted by Crippen LogP contribution is 2.21. The van der Waals surface area contributed by atoms with Crippen LogP contribution in [0.25, 0.3) is 0 Å². The molecule has 0 bridgehead atoms. The van der Waals surface area contributed by atoms with E-state index < -0.39 is 13.0 Å². The monoisotopic (exact) mass is 405 g/mol. The number of rotatable bonds is 9. The predicted octanol–water partition coefficient (Wildman–Crippen LogP) is 3.75. The van der Waals surface area contributed by atoms with Crippen molar-refractivity contribution >= 4 is 11.7 Å². The number of carbonyl (C=O) groups excluding carboxylic acids is 2. The number of pyridine rings is 2. The lowest BCUT2D eigenvalue weighted by molar-refractivity contribution is -0.118. The summed E-state index contributed by atoms with van der Waals surface area (Å²) in [6.07, 6.45) is -0.480. The van der Waals surface area contributed by atoms with Gasteiger partial charge in [-0.2, -0.15) is 0 Å². The second-order valence-corrected chi connectivity index (χ2v) is 6.85. The molecule has 8 heteroatoms. The number of hydrogen-bond acceptors (Lipinski definition) is 5. The van der Waals surface area contributed by atoms with E-state index in [2.05, 4.69) is 15.3 Å². The highest BCUT2D eigenvalue weighted by molar-refractivity contribution is 5.95. The van der Waals surface area contributed by atoms with E-state index in [0.717, 1.165) is 0 Å². The minimum absolute atomic E-state index is 0.0542. The van der Waals surface area contributed by atoms with Crippen molar-refractivity contribution in [1.29, 1.82) is 0 Å². The number of alkyl halides is 2. The lowest BCUT2D eigenvalue weighted by Crippen LogP contribution is -2.27. The lowest BCUT2D eigenvalue weighted by atomic mass is 10.1. The van der Waals surface area contributed by atoms with Gasteiger partial charge in [-0.1, -0.05) is 6.92 Å². The fourth-order valence-corrected chi connectivity index (χ4v) is 2.76. The Kier molecular flexibility index (Phi) is 7.75. The molecule has 1 amide bonds. The molecule has 0 saturated heterocycles. The van der Waals surface area contributed by atoms with Gasteiger partial charge in [-0.25, -0.2) is 13.8 Å². The van der Waals surface area contributed by atoms with E-state index in [1.807, 2.05) is 0 Å². The molecule has 1 N–H and O–H groups in total. The molecule has 0 spiro atoms. The fraction of sp³-hybridized carbons (Fsp3) is 0.429. The van der Waals surface area contributed by atoms with E-state index in [1.165, 1.54) is 6.20 Å². The van der Waals surface area contributed by atoms with Gasteiger partial charge in [-0.3, -0.25) is 14.6 Å². The third-order valence-electron chi connectivity index (χ3n) is 4.29. The molecule has 2 rings (SSSR count). The Balaban J connectivity index is 2.10. The van der Waals surface area contributed by atoms with Crippen molar-refractivity contribution in [2.45, 2.75) is 53.0 Å². The Hall–Kier alpha value is -2.90. The number of ether oxygens (including phenoxy) is 1. The van der Waals surface area contributed by atoms with Gasteiger partial charge in [0.2, 0.25) is 5.88 Å². The second kappa shape index (κ2) is 10.0. The number of nitrogens with zero attached hydrogens (tertiary/aromatic N) is 2. The summed E-state index contributed by atoms with van der Waals surface area (Å²) in [4.78, 5) is 32.7. The summed E-state index contributed by atoms with van der Waals surface area (Å²) in [5.41, 5.74) is 2.96. The summed E-state index contributed by atoms with van der Waals surface area (Å²) in [5, 5.41) is 2.88. The van der Waals surface area contributed by atoms with Gasteiger partial charge in [0.15, 0.2) is 6.61 Å². The number of hydrogen-bond donors (Lipinski definition) is 1. The summed E-state index contributed by atoms with van der Waals surface area (Å²) >= 11 is 0. The molecule has 2 heterocycles. The van der Waals surface area contributed by atoms with Gasteiger partial charge >= 0.3 is 0 Å². The first kappa shape index (κ1) is 22.4. The molecule has 6 nitrogen and oxygen atoms in total. The van der Waals surface area contributed by atoms with Crippen LogP contribution in [0.3, 0.4) is 0 Å². The van der Waals surface area contributed by atoms with Crippen LogP contribution in [0.1, 0.15) is 59.2 Å². The van der Waals surface area contributed by atoms with Gasteiger partial charge in [0.1, 0.15) is 5.78 Å². The zero-order valence-corrected chi connectivity index (χ0v) is 17.0. The van der Waals surface area contributed by atoms with Crippen molar-refractivity contribution in [3.05, 3.63) is 52.5 Å². The van der Waals surface area contributed by atoms with E-state index in [-0.39, 0.29) is 30.0 Å². The molecule has 1 unspecified atom stereocenters. The van der Waals surface area contributed by atoms with Gasteiger partial charge in [0.05, 0.1) is 6.04 Å². The molecule has 1 atom stereocenters. The highest BCUT2D eigenvalue weighted by Gasteiger charge is 2.16. The first-order valence-corrected chi connectivity index (χ1v) is 9.37. The first-order chi connectivity index (χ1) is 13.7. The predicted molar refractivity (Wildman–Crippen MR) is 104 cm³/mol. The van der Waals surface area contributed by atoms with Crippen LogP contribution < -0.4 is 10.1 Å². The molecule has 0 saturated carbocycles. The van der Waals surface area contributed by atoms with Crippen LogP contribution in [0.4, 0.5) is 8.78 Å². The molecule has 0 aliphatic carbocycles. The van der Waals surface area contributed by atoms with Crippen LogP contribution in [0, 0.1) is 13.8 Å². The molecule has 0 radical (unpaired) electrons. The molecule has 0 fully saturated rings. The maximum Gasteiger partial charge on any atom is 0.272 e. The average molecular weight is 405 g/mol. The molecular formula is C21H25F2N3O3. The standard InChI is InChI=1S/C21H25F2N3O3/c1-5-18(27)9-17-8-15(7-13(3)25-17)20(28)26-14(4)16-6-12(2)21(24-10-16)29-11-19(22)23/h6-8,10,14,19H,5,9,11H2,1-4H3,(H,26,28). The summed E-state index contributed by atoms with van der Waals surface area (Å²) in [6, 6.07) is 4.65. The Morgan fingerprint density at radius 3 is 2.55 bits per heavy atom. The summed E-state index contributed by atoms with van der Waals surface area (Å²) < 4.78 is 29.5. The van der Waals surface area contributed by atoms with Crippen LogP contribution in [0.5, 0.6) is 5.88 Å². The van der Waals surface area contributed by atoms with Crippen LogP contribution in [-0.4, -0.2) is 34.7 Å². The smallest absolute Gasteiger partial charge is 0.272 e. The quantitative estimate of drug-likeness (QED) is 0.687. The topological polar surface area (TPSA) is 81.2 Å². The average Bonchev–Trinajstić information content (AvgIpc) is 2.66. The van der Waals surface area contributed by atoms with Crippen LogP contribution >= 0.6 is 0 Å². The van der Waals surface area contributed by atoms with Gasteiger partial charge < -0.3 is 10.1 Å². The Labute approximate surface area is 168 Å². The van der Waals surface area contributed by atoms with Crippen molar-refractivity contribution in [3.63, 3.8) is 0 Å². The van der Waals surface area contributed by atoms with Gasteiger partial charge in [-0.05, 0) is 44.5 Å². The van der Waals surface area contributed by atoms with E-state index in [1.54, 1.807) is 45.9 Å². The molecular weight excluding hydrogens is 380 g/mol. The van der Waals surface area contributed by atoms with E-state index >= 15 is 0 Å². The summed E-state index contributed by atoms with van der Waals surface area (Å²) in [7, 11) is 0. The zero-order chi connectivity index (χ0) is 21.6. The minimum atomic E-state index is -2.57. The van der Waals surface area contributed by atoms with Gasteiger partial charge in [-0.15, -0.1) is 0 Å². The Morgan fingerprint density at radius 2 is 1.93 bits per heavy atom. The molecule has 2 aromatic heterocycles. The van der Waals surface area contributed by atoms with Crippen molar-refractivity contribution in [1.82, 2.24) is 15.3 Å². The number of halogens is 2. The molecule has 0 aromatic carbocycles. The number of carbonyl (C=O) groups is 2. The molecule has 156 valence electrons. The number of Topliss-reactive ketones (excluding diaryl/α,β-unsaturated/α-hetero) is 1. The minimum Gasteiger partial charge on any atom is -0.471 e. The molecule has 0 aliphatic rings. The zero-order valence-electron chi connectivity index (χ0n) is 17.0. The van der Waals surface area contributed by atoms with Crippen LogP contribution in [0.2, 0.25) is 0 Å². The van der Waals surface area contributed by atoms with E-state index in [0.29, 0.717) is 34.5 Å². The SMILES string of the molecule is CCC(=O)Cc1cc(C(=O)NC(C)c2cnc(OCC(F)F)c(C)c2)cc(C)n1. The number of ketones is 1. The number of aromatic nitrogens is 2. The third-order valence-corrected chi connectivity index (χ3v) is 4.29. The van der Waals surface area contributed by atoms with Gasteiger partial charge in [0, 0.05) is 41.6 Å². The van der Waals surface area contributed by atoms with Crippen LogP contribution in [0.15, 0.2) is 24.4 Å². The molecule has 2 aromatic rings. The lowest BCUT2D eigenvalue weighted by Gasteiger charge is -2.16. The van der Waals surface area contributed by atoms with Crippen molar-refractivity contribution < 1.29 is 23.1 Å². The van der Waals surface area contributed by atoms with E-state index in [9.17, 15) is 18.4 Å².